The second kappa shape index (κ2) is 6.03. The summed E-state index contributed by atoms with van der Waals surface area (Å²) in [5, 5.41) is 3.79. The first-order valence-electron chi connectivity index (χ1n) is 6.48. The molecular weight excluding hydrogens is 278 g/mol. The number of nitrogens with zero attached hydrogens (tertiary/aromatic N) is 2. The smallest absolute Gasteiger partial charge is 0.227 e. The summed E-state index contributed by atoms with van der Waals surface area (Å²) >= 11 is 0. The number of carbonyl (C=O) groups is 1. The minimum atomic E-state index is -0.660. The molecular formula is C15H16F2N2O2. The van der Waals surface area contributed by atoms with E-state index >= 15 is 0 Å². The van der Waals surface area contributed by atoms with Crippen molar-refractivity contribution in [1.82, 2.24) is 10.1 Å². The lowest BCUT2D eigenvalue weighted by Crippen LogP contribution is -2.28. The quantitative estimate of drug-likeness (QED) is 0.871. The maximum Gasteiger partial charge on any atom is 0.227 e. The Hall–Kier alpha value is -2.24. The molecule has 0 N–H and O–H groups in total. The Labute approximate surface area is 121 Å². The number of amides is 1. The zero-order chi connectivity index (χ0) is 15.6. The van der Waals surface area contributed by atoms with Gasteiger partial charge in [-0.05, 0) is 19.9 Å². The van der Waals surface area contributed by atoms with Gasteiger partial charge in [0.25, 0.3) is 0 Å². The number of benzene rings is 1. The minimum absolute atomic E-state index is 0.0777. The Kier molecular flexibility index (Phi) is 4.35. The summed E-state index contributed by atoms with van der Waals surface area (Å²) in [4.78, 5) is 13.5. The van der Waals surface area contributed by atoms with Crippen LogP contribution in [0.3, 0.4) is 0 Å². The first-order valence-corrected chi connectivity index (χ1v) is 6.48. The topological polar surface area (TPSA) is 46.3 Å². The lowest BCUT2D eigenvalue weighted by molar-refractivity contribution is -0.129. The molecule has 0 atom stereocenters. The predicted octanol–water partition coefficient (Wildman–Crippen LogP) is 2.77. The molecule has 0 aliphatic rings. The third-order valence-electron chi connectivity index (χ3n) is 3.36. The van der Waals surface area contributed by atoms with E-state index in [1.54, 1.807) is 20.9 Å². The molecule has 1 aromatic carbocycles. The number of aryl methyl sites for hydroxylation is 2. The van der Waals surface area contributed by atoms with Crippen LogP contribution >= 0.6 is 0 Å². The average Bonchev–Trinajstić information content (AvgIpc) is 2.73. The largest absolute Gasteiger partial charge is 0.361 e. The highest BCUT2D eigenvalue weighted by atomic mass is 19.1. The fourth-order valence-electron chi connectivity index (χ4n) is 2.03. The standard InChI is InChI=1S/C15H16F2N2O2/c1-9-13(10(2)21-18-9)7-15(20)19(3)8-11-4-5-12(16)6-14(11)17/h4-6H,7-8H2,1-3H3. The van der Waals surface area contributed by atoms with Crippen LogP contribution < -0.4 is 0 Å². The van der Waals surface area contributed by atoms with Gasteiger partial charge in [0.15, 0.2) is 0 Å². The van der Waals surface area contributed by atoms with Crippen molar-refractivity contribution in [1.29, 1.82) is 0 Å². The number of halogens is 2. The lowest BCUT2D eigenvalue weighted by atomic mass is 10.1. The van der Waals surface area contributed by atoms with Crippen LogP contribution in [0.1, 0.15) is 22.6 Å². The van der Waals surface area contributed by atoms with Gasteiger partial charge < -0.3 is 9.42 Å². The van der Waals surface area contributed by atoms with Gasteiger partial charge in [0.1, 0.15) is 17.4 Å². The van der Waals surface area contributed by atoms with Gasteiger partial charge in [0.05, 0.1) is 12.1 Å². The van der Waals surface area contributed by atoms with Crippen molar-refractivity contribution >= 4 is 5.91 Å². The Morgan fingerprint density at radius 3 is 2.62 bits per heavy atom. The molecule has 0 saturated heterocycles. The fraction of sp³-hybridized carbons (Fsp3) is 0.333. The molecule has 0 aliphatic carbocycles. The third kappa shape index (κ3) is 3.45. The molecule has 0 bridgehead atoms. The minimum Gasteiger partial charge on any atom is -0.361 e. The number of likely N-dealkylation sites (N-methyl/N-ethyl adjacent to an activating group) is 1. The highest BCUT2D eigenvalue weighted by molar-refractivity contribution is 5.79. The van der Waals surface area contributed by atoms with Crippen molar-refractivity contribution in [2.24, 2.45) is 0 Å². The van der Waals surface area contributed by atoms with Crippen LogP contribution in [0.25, 0.3) is 0 Å². The van der Waals surface area contributed by atoms with Gasteiger partial charge in [-0.2, -0.15) is 0 Å². The zero-order valence-electron chi connectivity index (χ0n) is 12.1. The van der Waals surface area contributed by atoms with E-state index < -0.39 is 11.6 Å². The van der Waals surface area contributed by atoms with Crippen LogP contribution in [0.15, 0.2) is 22.7 Å². The number of hydrogen-bond acceptors (Lipinski definition) is 3. The number of hydrogen-bond donors (Lipinski definition) is 0. The van der Waals surface area contributed by atoms with E-state index in [-0.39, 0.29) is 24.4 Å². The predicted molar refractivity (Wildman–Crippen MR) is 72.5 cm³/mol. The number of rotatable bonds is 4. The Bertz CT molecular complexity index is 648. The second-order valence-corrected chi connectivity index (χ2v) is 4.97. The van der Waals surface area contributed by atoms with Crippen LogP contribution in [-0.2, 0) is 17.8 Å². The molecule has 0 fully saturated rings. The maximum absolute atomic E-state index is 13.6. The van der Waals surface area contributed by atoms with Crippen molar-refractivity contribution < 1.29 is 18.1 Å². The van der Waals surface area contributed by atoms with Crippen LogP contribution in [0.4, 0.5) is 8.78 Å². The zero-order valence-corrected chi connectivity index (χ0v) is 12.1. The Morgan fingerprint density at radius 2 is 2.05 bits per heavy atom. The summed E-state index contributed by atoms with van der Waals surface area (Å²) in [5.41, 5.74) is 1.68. The van der Waals surface area contributed by atoms with E-state index in [0.29, 0.717) is 11.5 Å². The van der Waals surface area contributed by atoms with Crippen LogP contribution in [0, 0.1) is 25.5 Å². The Morgan fingerprint density at radius 1 is 1.33 bits per heavy atom. The van der Waals surface area contributed by atoms with Gasteiger partial charge in [0.2, 0.25) is 5.91 Å². The van der Waals surface area contributed by atoms with E-state index in [1.807, 2.05) is 0 Å². The number of carbonyl (C=O) groups excluding carboxylic acids is 1. The average molecular weight is 294 g/mol. The molecule has 0 unspecified atom stereocenters. The van der Waals surface area contributed by atoms with Gasteiger partial charge in [-0.25, -0.2) is 8.78 Å². The van der Waals surface area contributed by atoms with E-state index in [9.17, 15) is 13.6 Å². The first kappa shape index (κ1) is 15.2. The van der Waals surface area contributed by atoms with E-state index in [0.717, 1.165) is 11.6 Å². The molecule has 112 valence electrons. The molecule has 0 aliphatic heterocycles. The summed E-state index contributed by atoms with van der Waals surface area (Å²) in [5.74, 6) is -0.886. The first-order chi connectivity index (χ1) is 9.88. The van der Waals surface area contributed by atoms with Crippen molar-refractivity contribution in [3.05, 3.63) is 52.4 Å². The highest BCUT2D eigenvalue weighted by Crippen LogP contribution is 2.16. The highest BCUT2D eigenvalue weighted by Gasteiger charge is 2.17. The summed E-state index contributed by atoms with van der Waals surface area (Å²) < 4.78 is 31.4. The van der Waals surface area contributed by atoms with Gasteiger partial charge in [-0.3, -0.25) is 4.79 Å². The van der Waals surface area contributed by atoms with Gasteiger partial charge in [-0.15, -0.1) is 0 Å². The monoisotopic (exact) mass is 294 g/mol. The fourth-order valence-corrected chi connectivity index (χ4v) is 2.03. The molecule has 4 nitrogen and oxygen atoms in total. The molecule has 1 heterocycles. The molecule has 0 spiro atoms. The second-order valence-electron chi connectivity index (χ2n) is 4.97. The van der Waals surface area contributed by atoms with Crippen LogP contribution in [0.2, 0.25) is 0 Å². The van der Waals surface area contributed by atoms with Crippen molar-refractivity contribution in [3.8, 4) is 0 Å². The summed E-state index contributed by atoms with van der Waals surface area (Å²) in [6.07, 6.45) is 0.139. The van der Waals surface area contributed by atoms with Gasteiger partial charge >= 0.3 is 0 Å². The maximum atomic E-state index is 13.6. The van der Waals surface area contributed by atoms with E-state index in [4.69, 9.17) is 4.52 Å². The van der Waals surface area contributed by atoms with E-state index in [2.05, 4.69) is 5.16 Å². The molecule has 21 heavy (non-hydrogen) atoms. The third-order valence-corrected chi connectivity index (χ3v) is 3.36. The van der Waals surface area contributed by atoms with Crippen molar-refractivity contribution in [2.75, 3.05) is 7.05 Å². The molecule has 0 saturated carbocycles. The number of aromatic nitrogens is 1. The SMILES string of the molecule is Cc1noc(C)c1CC(=O)N(C)Cc1ccc(F)cc1F. The van der Waals surface area contributed by atoms with Crippen molar-refractivity contribution in [3.63, 3.8) is 0 Å². The lowest BCUT2D eigenvalue weighted by Gasteiger charge is -2.17. The summed E-state index contributed by atoms with van der Waals surface area (Å²) in [7, 11) is 1.57. The van der Waals surface area contributed by atoms with Crippen LogP contribution in [-0.4, -0.2) is 23.0 Å². The Balaban J connectivity index is 2.06. The molecule has 1 amide bonds. The van der Waals surface area contributed by atoms with E-state index in [1.165, 1.54) is 17.0 Å². The summed E-state index contributed by atoms with van der Waals surface area (Å²) in [6.45, 7) is 3.58. The molecule has 2 rings (SSSR count). The molecule has 0 radical (unpaired) electrons. The molecule has 1 aromatic heterocycles. The summed E-state index contributed by atoms with van der Waals surface area (Å²) in [6, 6.07) is 3.32. The molecule has 6 heteroatoms. The normalized spacial score (nSPS) is 10.7. The molecule has 2 aromatic rings. The van der Waals surface area contributed by atoms with Gasteiger partial charge in [-0.1, -0.05) is 11.2 Å². The van der Waals surface area contributed by atoms with Crippen molar-refractivity contribution in [2.45, 2.75) is 26.8 Å². The van der Waals surface area contributed by atoms with Crippen LogP contribution in [0.5, 0.6) is 0 Å². The van der Waals surface area contributed by atoms with Gasteiger partial charge in [0, 0.05) is 30.8 Å².